The number of hydrogen-bond acceptors (Lipinski definition) is 3. The quantitative estimate of drug-likeness (QED) is 0.660. The minimum atomic E-state index is -1.80. The highest BCUT2D eigenvalue weighted by Crippen LogP contribution is 2.36. The molecular formula is C7H9Br3O3S. The molecule has 1 atom stereocenters. The van der Waals surface area contributed by atoms with Crippen LogP contribution in [0.2, 0.25) is 0 Å². The summed E-state index contributed by atoms with van der Waals surface area (Å²) in [5.74, 6) is 0.742. The van der Waals surface area contributed by atoms with Crippen LogP contribution >= 0.6 is 47.8 Å². The second-order valence-electron chi connectivity index (χ2n) is 2.73. The number of halogens is 3. The highest BCUT2D eigenvalue weighted by Gasteiger charge is 2.24. The van der Waals surface area contributed by atoms with Gasteiger partial charge in [0.2, 0.25) is 0 Å². The van der Waals surface area contributed by atoms with Crippen LogP contribution in [0.1, 0.15) is 25.7 Å². The first-order chi connectivity index (χ1) is 6.47. The Balaban J connectivity index is 2.36. The molecule has 0 aromatic rings. The van der Waals surface area contributed by atoms with Gasteiger partial charge in [0.25, 0.3) is 2.33 Å². The van der Waals surface area contributed by atoms with Crippen molar-refractivity contribution in [1.29, 1.82) is 0 Å². The van der Waals surface area contributed by atoms with Crippen molar-refractivity contribution in [2.75, 3.05) is 0 Å². The molecule has 1 unspecified atom stereocenters. The zero-order valence-electron chi connectivity index (χ0n) is 7.17. The Labute approximate surface area is 111 Å². The summed E-state index contributed by atoms with van der Waals surface area (Å²) in [6.07, 6.45) is 6.00. The van der Waals surface area contributed by atoms with Gasteiger partial charge in [0.1, 0.15) is 5.76 Å². The SMILES string of the molecule is O=S(OC1=CCCCC1)OC(Br)(Br)Br. The number of allylic oxidation sites excluding steroid dienone is 2. The first kappa shape index (κ1) is 13.2. The lowest BCUT2D eigenvalue weighted by atomic mass is 10.1. The third kappa shape index (κ3) is 5.85. The molecule has 0 amide bonds. The molecule has 0 bridgehead atoms. The van der Waals surface area contributed by atoms with Crippen LogP contribution in [-0.4, -0.2) is 6.54 Å². The van der Waals surface area contributed by atoms with Crippen LogP contribution in [-0.2, 0) is 19.7 Å². The van der Waals surface area contributed by atoms with E-state index in [1.807, 2.05) is 6.08 Å². The molecule has 0 saturated heterocycles. The molecule has 3 nitrogen and oxygen atoms in total. The molecule has 1 aliphatic carbocycles. The predicted octanol–water partition coefficient (Wildman–Crippen LogP) is 3.85. The molecule has 0 radical (unpaired) electrons. The van der Waals surface area contributed by atoms with Crippen LogP contribution in [0.5, 0.6) is 0 Å². The average Bonchev–Trinajstić information content (AvgIpc) is 2.02. The highest BCUT2D eigenvalue weighted by atomic mass is 80.0. The van der Waals surface area contributed by atoms with Crippen molar-refractivity contribution in [1.82, 2.24) is 0 Å². The van der Waals surface area contributed by atoms with E-state index >= 15 is 0 Å². The van der Waals surface area contributed by atoms with E-state index in [0.717, 1.165) is 25.0 Å². The Morgan fingerprint density at radius 2 is 2.07 bits per heavy atom. The standard InChI is InChI=1S/C7H9Br3O3S/c8-7(9,10)13-14(11)12-6-4-2-1-3-5-6/h4H,1-3,5H2. The molecular weight excluding hydrogens is 404 g/mol. The summed E-state index contributed by atoms with van der Waals surface area (Å²) < 4.78 is 20.3. The second kappa shape index (κ2) is 5.98. The predicted molar refractivity (Wildman–Crippen MR) is 66.4 cm³/mol. The summed E-state index contributed by atoms with van der Waals surface area (Å²) in [5, 5.41) is 0. The zero-order chi connectivity index (χ0) is 10.6. The molecule has 0 aliphatic heterocycles. The largest absolute Gasteiger partial charge is 0.385 e. The van der Waals surface area contributed by atoms with Gasteiger partial charge in [0, 0.05) is 6.42 Å². The van der Waals surface area contributed by atoms with Crippen molar-refractivity contribution in [3.8, 4) is 0 Å². The molecule has 0 N–H and O–H groups in total. The van der Waals surface area contributed by atoms with E-state index in [1.165, 1.54) is 6.42 Å². The number of hydrogen-bond donors (Lipinski definition) is 0. The smallest absolute Gasteiger partial charge is 0.362 e. The van der Waals surface area contributed by atoms with Gasteiger partial charge in [-0.15, -0.1) is 0 Å². The number of alkyl halides is 3. The van der Waals surface area contributed by atoms with Crippen molar-refractivity contribution >= 4 is 59.2 Å². The Kier molecular flexibility index (Phi) is 5.62. The minimum absolute atomic E-state index is 0.742. The van der Waals surface area contributed by atoms with Crippen molar-refractivity contribution in [2.45, 2.75) is 28.0 Å². The fourth-order valence-electron chi connectivity index (χ4n) is 1.07. The lowest BCUT2D eigenvalue weighted by Crippen LogP contribution is -2.12. The Hall–Kier alpha value is 1.09. The molecule has 1 rings (SSSR count). The summed E-state index contributed by atoms with van der Waals surface area (Å²) >= 11 is 7.39. The van der Waals surface area contributed by atoms with Gasteiger partial charge in [-0.2, -0.15) is 4.21 Å². The Bertz CT molecular complexity index is 249. The van der Waals surface area contributed by atoms with Crippen LogP contribution in [0.3, 0.4) is 0 Å². The molecule has 0 saturated carbocycles. The zero-order valence-corrected chi connectivity index (χ0v) is 12.7. The van der Waals surface area contributed by atoms with Gasteiger partial charge in [-0.1, -0.05) is 0 Å². The van der Waals surface area contributed by atoms with Gasteiger partial charge < -0.3 is 4.18 Å². The van der Waals surface area contributed by atoms with E-state index in [0.29, 0.717) is 0 Å². The topological polar surface area (TPSA) is 35.5 Å². The minimum Gasteiger partial charge on any atom is -0.385 e. The summed E-state index contributed by atoms with van der Waals surface area (Å²) in [5.41, 5.74) is 0. The van der Waals surface area contributed by atoms with Crippen molar-refractivity contribution in [3.05, 3.63) is 11.8 Å². The Morgan fingerprint density at radius 1 is 1.36 bits per heavy atom. The number of rotatable bonds is 3. The van der Waals surface area contributed by atoms with Gasteiger partial charge in [0.15, 0.2) is 0 Å². The molecule has 82 valence electrons. The van der Waals surface area contributed by atoms with Gasteiger partial charge >= 0.3 is 11.4 Å². The van der Waals surface area contributed by atoms with E-state index in [-0.39, 0.29) is 0 Å². The molecule has 0 aromatic heterocycles. The maximum Gasteiger partial charge on any atom is 0.362 e. The van der Waals surface area contributed by atoms with E-state index < -0.39 is 13.7 Å². The van der Waals surface area contributed by atoms with E-state index in [2.05, 4.69) is 47.8 Å². The van der Waals surface area contributed by atoms with Gasteiger partial charge in [-0.25, -0.2) is 4.18 Å². The molecule has 0 spiro atoms. The fourth-order valence-corrected chi connectivity index (χ4v) is 2.55. The third-order valence-corrected chi connectivity index (χ3v) is 3.45. The van der Waals surface area contributed by atoms with Crippen LogP contribution < -0.4 is 0 Å². The van der Waals surface area contributed by atoms with Crippen LogP contribution in [0, 0.1) is 0 Å². The lowest BCUT2D eigenvalue weighted by Gasteiger charge is -2.15. The Morgan fingerprint density at radius 3 is 2.57 bits per heavy atom. The van der Waals surface area contributed by atoms with Crippen LogP contribution in [0.25, 0.3) is 0 Å². The molecule has 14 heavy (non-hydrogen) atoms. The van der Waals surface area contributed by atoms with E-state index in [9.17, 15) is 4.21 Å². The van der Waals surface area contributed by atoms with Crippen molar-refractivity contribution < 1.29 is 12.6 Å². The van der Waals surface area contributed by atoms with E-state index in [1.54, 1.807) is 0 Å². The maximum atomic E-state index is 11.3. The van der Waals surface area contributed by atoms with Crippen LogP contribution in [0.15, 0.2) is 11.8 Å². The lowest BCUT2D eigenvalue weighted by molar-refractivity contribution is 0.299. The fraction of sp³-hybridized carbons (Fsp3) is 0.714. The summed E-state index contributed by atoms with van der Waals surface area (Å²) in [6, 6.07) is 0. The molecule has 0 aromatic carbocycles. The highest BCUT2D eigenvalue weighted by molar-refractivity contribution is 9.39. The summed E-state index contributed by atoms with van der Waals surface area (Å²) in [6.45, 7) is 0. The summed E-state index contributed by atoms with van der Waals surface area (Å²) in [4.78, 5) is 0. The second-order valence-corrected chi connectivity index (χ2v) is 10.0. The van der Waals surface area contributed by atoms with Crippen molar-refractivity contribution in [2.24, 2.45) is 0 Å². The maximum absolute atomic E-state index is 11.3. The van der Waals surface area contributed by atoms with Crippen LogP contribution in [0.4, 0.5) is 0 Å². The van der Waals surface area contributed by atoms with Gasteiger partial charge in [-0.3, -0.25) is 0 Å². The molecule has 7 heteroatoms. The molecule has 0 heterocycles. The molecule has 1 aliphatic rings. The van der Waals surface area contributed by atoms with E-state index in [4.69, 9.17) is 8.37 Å². The monoisotopic (exact) mass is 410 g/mol. The van der Waals surface area contributed by atoms with Gasteiger partial charge in [0.05, 0.1) is 0 Å². The normalized spacial score (nSPS) is 20.1. The average molecular weight is 413 g/mol. The molecule has 0 fully saturated rings. The first-order valence-corrected chi connectivity index (χ1v) is 7.40. The first-order valence-electron chi connectivity index (χ1n) is 4.03. The summed E-state index contributed by atoms with van der Waals surface area (Å²) in [7, 11) is 0. The van der Waals surface area contributed by atoms with Crippen molar-refractivity contribution in [3.63, 3.8) is 0 Å². The van der Waals surface area contributed by atoms with Gasteiger partial charge in [-0.05, 0) is 73.1 Å². The third-order valence-electron chi connectivity index (χ3n) is 1.59.